The third-order valence-electron chi connectivity index (χ3n) is 1.57. The van der Waals surface area contributed by atoms with E-state index < -0.39 is 0 Å². The highest BCUT2D eigenvalue weighted by molar-refractivity contribution is 5.33. The van der Waals surface area contributed by atoms with Crippen molar-refractivity contribution in [3.63, 3.8) is 0 Å². The average Bonchev–Trinajstić information content (AvgIpc) is 2.87. The Bertz CT molecular complexity index is 325. The number of nitriles is 1. The first-order valence-corrected chi connectivity index (χ1v) is 3.30. The third kappa shape index (κ3) is 1.10. The van der Waals surface area contributed by atoms with E-state index in [2.05, 4.69) is 16.3 Å². The van der Waals surface area contributed by atoms with Gasteiger partial charge in [0.1, 0.15) is 0 Å². The summed E-state index contributed by atoms with van der Waals surface area (Å²) in [4.78, 5) is 0. The van der Waals surface area contributed by atoms with Crippen molar-refractivity contribution >= 4 is 0 Å². The van der Waals surface area contributed by atoms with Crippen LogP contribution in [0.3, 0.4) is 0 Å². The van der Waals surface area contributed by atoms with Crippen molar-refractivity contribution in [1.82, 2.24) is 0 Å². The van der Waals surface area contributed by atoms with Crippen molar-refractivity contribution in [3.05, 3.63) is 35.4 Å². The summed E-state index contributed by atoms with van der Waals surface area (Å²) in [5, 5.41) is 16.0. The lowest BCUT2D eigenvalue weighted by Crippen LogP contribution is -1.79. The van der Waals surface area contributed by atoms with Gasteiger partial charge in [-0.2, -0.15) is 15.5 Å². The van der Waals surface area contributed by atoms with Crippen LogP contribution in [0.4, 0.5) is 0 Å². The van der Waals surface area contributed by atoms with Gasteiger partial charge in [-0.1, -0.05) is 12.1 Å². The Morgan fingerprint density at radius 1 is 1.18 bits per heavy atom. The average molecular weight is 145 g/mol. The maximum absolute atomic E-state index is 8.49. The monoisotopic (exact) mass is 145 g/mol. The summed E-state index contributed by atoms with van der Waals surface area (Å²) < 4.78 is 0. The number of nitrogens with zero attached hydrogens (tertiary/aromatic N) is 3. The Morgan fingerprint density at radius 2 is 1.82 bits per heavy atom. The van der Waals surface area contributed by atoms with E-state index in [1.54, 1.807) is 12.1 Å². The number of rotatable bonds is 1. The van der Waals surface area contributed by atoms with E-state index in [0.29, 0.717) is 5.56 Å². The molecule has 3 nitrogen and oxygen atoms in total. The summed E-state index contributed by atoms with van der Waals surface area (Å²) in [7, 11) is 0. The molecule has 0 N–H and O–H groups in total. The molecule has 1 aliphatic rings. The van der Waals surface area contributed by atoms with Crippen LogP contribution in [0.5, 0.6) is 0 Å². The minimum atomic E-state index is 0.0442. The molecule has 1 aromatic rings. The second-order valence-corrected chi connectivity index (χ2v) is 2.34. The molecule has 52 valence electrons. The first kappa shape index (κ1) is 6.05. The summed E-state index contributed by atoms with van der Waals surface area (Å²) in [5.74, 6) is 0. The van der Waals surface area contributed by atoms with E-state index in [9.17, 15) is 0 Å². The lowest BCUT2D eigenvalue weighted by atomic mass is 10.1. The second-order valence-electron chi connectivity index (χ2n) is 2.34. The summed E-state index contributed by atoms with van der Waals surface area (Å²) in [6, 6.07) is 9.36. The molecule has 0 saturated carbocycles. The summed E-state index contributed by atoms with van der Waals surface area (Å²) >= 11 is 0. The fourth-order valence-corrected chi connectivity index (χ4v) is 0.896. The van der Waals surface area contributed by atoms with Crippen LogP contribution >= 0.6 is 0 Å². The van der Waals surface area contributed by atoms with Gasteiger partial charge in [0.15, 0.2) is 0 Å². The molecule has 0 aliphatic carbocycles. The van der Waals surface area contributed by atoms with Crippen molar-refractivity contribution in [1.29, 1.82) is 5.26 Å². The normalized spacial score (nSPS) is 14.5. The zero-order valence-electron chi connectivity index (χ0n) is 5.73. The van der Waals surface area contributed by atoms with Crippen LogP contribution in [0.2, 0.25) is 0 Å². The summed E-state index contributed by atoms with van der Waals surface area (Å²) in [6.45, 7) is 0. The highest BCUT2D eigenvalue weighted by Gasteiger charge is 2.17. The fraction of sp³-hybridized carbons (Fsp3) is 0.125. The molecular formula is C8H5N3. The molecule has 0 aromatic heterocycles. The van der Waals surface area contributed by atoms with E-state index in [0.717, 1.165) is 5.56 Å². The van der Waals surface area contributed by atoms with Crippen molar-refractivity contribution in [2.24, 2.45) is 10.2 Å². The zero-order chi connectivity index (χ0) is 7.68. The van der Waals surface area contributed by atoms with Gasteiger partial charge in [0.25, 0.3) is 0 Å². The lowest BCUT2D eigenvalue weighted by molar-refractivity contribution is 1.05. The Morgan fingerprint density at radius 3 is 2.27 bits per heavy atom. The molecule has 2 rings (SSSR count). The predicted octanol–water partition coefficient (Wildman–Crippen LogP) is 2.02. The van der Waals surface area contributed by atoms with E-state index in [4.69, 9.17) is 5.26 Å². The van der Waals surface area contributed by atoms with Crippen LogP contribution in [0, 0.1) is 11.3 Å². The Hall–Kier alpha value is -1.69. The number of benzene rings is 1. The van der Waals surface area contributed by atoms with Crippen molar-refractivity contribution in [2.75, 3.05) is 0 Å². The van der Waals surface area contributed by atoms with Gasteiger partial charge < -0.3 is 0 Å². The van der Waals surface area contributed by atoms with Gasteiger partial charge in [0.2, 0.25) is 6.17 Å². The van der Waals surface area contributed by atoms with Crippen LogP contribution in [0.1, 0.15) is 17.3 Å². The Balaban J connectivity index is 2.28. The molecule has 0 bridgehead atoms. The molecule has 11 heavy (non-hydrogen) atoms. The SMILES string of the molecule is N#Cc1ccc(C2[15N]=[15N]2)cc1. The molecule has 0 saturated heterocycles. The smallest absolute Gasteiger partial charge is 0.192 e. The van der Waals surface area contributed by atoms with E-state index >= 15 is 0 Å². The van der Waals surface area contributed by atoms with E-state index in [1.807, 2.05) is 12.1 Å². The molecule has 0 spiro atoms. The highest BCUT2D eigenvalue weighted by atomic mass is 16.2. The standard InChI is InChI=1S/C8H5N3/c9-5-6-1-3-7(4-2-6)8-10-11-8/h1-4,8H/i10+1,11+1. The van der Waals surface area contributed by atoms with Gasteiger partial charge >= 0.3 is 0 Å². The molecule has 3 heteroatoms. The van der Waals surface area contributed by atoms with Gasteiger partial charge in [0.05, 0.1) is 11.6 Å². The Kier molecular flexibility index (Phi) is 1.19. The van der Waals surface area contributed by atoms with Gasteiger partial charge in [-0.05, 0) is 12.1 Å². The van der Waals surface area contributed by atoms with Crippen molar-refractivity contribution in [3.8, 4) is 6.07 Å². The largest absolute Gasteiger partial charge is 0.206 e. The zero-order valence-corrected chi connectivity index (χ0v) is 5.73. The minimum Gasteiger partial charge on any atom is -0.192 e. The molecule has 1 heterocycles. The van der Waals surface area contributed by atoms with Crippen LogP contribution in [0.15, 0.2) is 34.5 Å². The predicted molar refractivity (Wildman–Crippen MR) is 38.8 cm³/mol. The first-order valence-electron chi connectivity index (χ1n) is 3.30. The van der Waals surface area contributed by atoms with Crippen LogP contribution in [0.25, 0.3) is 0 Å². The third-order valence-corrected chi connectivity index (χ3v) is 1.57. The topological polar surface area (TPSA) is 48.5 Å². The van der Waals surface area contributed by atoms with Crippen LogP contribution in [-0.4, -0.2) is 0 Å². The van der Waals surface area contributed by atoms with Crippen molar-refractivity contribution < 1.29 is 0 Å². The lowest BCUT2D eigenvalue weighted by Gasteiger charge is -1.92. The van der Waals surface area contributed by atoms with Gasteiger partial charge in [-0.3, -0.25) is 0 Å². The van der Waals surface area contributed by atoms with Crippen molar-refractivity contribution in [2.45, 2.75) is 6.17 Å². The Labute approximate surface area is 64.0 Å². The summed E-state index contributed by atoms with van der Waals surface area (Å²) in [5.41, 5.74) is 1.73. The number of hydrogen-bond acceptors (Lipinski definition) is 3. The van der Waals surface area contributed by atoms with Crippen LogP contribution < -0.4 is 0 Å². The molecule has 0 atom stereocenters. The molecule has 0 amide bonds. The second kappa shape index (κ2) is 2.17. The van der Waals surface area contributed by atoms with E-state index in [-0.39, 0.29) is 6.17 Å². The molecule has 1 aromatic carbocycles. The summed E-state index contributed by atoms with van der Waals surface area (Å²) in [6.07, 6.45) is 0.0442. The van der Waals surface area contributed by atoms with Gasteiger partial charge in [-0.15, -0.1) is 0 Å². The molecular weight excluding hydrogens is 140 g/mol. The van der Waals surface area contributed by atoms with Gasteiger partial charge in [0, 0.05) is 5.56 Å². The fourth-order valence-electron chi connectivity index (χ4n) is 0.896. The quantitative estimate of drug-likeness (QED) is 0.557. The molecule has 0 unspecified atom stereocenters. The maximum Gasteiger partial charge on any atom is 0.206 e. The first-order chi connectivity index (χ1) is 5.40. The van der Waals surface area contributed by atoms with Gasteiger partial charge in [-0.25, -0.2) is 0 Å². The number of hydrogen-bond donors (Lipinski definition) is 0. The highest BCUT2D eigenvalue weighted by Crippen LogP contribution is 2.30. The molecule has 1 aliphatic heterocycles. The molecule has 0 fully saturated rings. The maximum atomic E-state index is 8.49. The van der Waals surface area contributed by atoms with Crippen LogP contribution in [-0.2, 0) is 0 Å². The minimum absolute atomic E-state index is 0.0442. The van der Waals surface area contributed by atoms with E-state index in [1.165, 1.54) is 0 Å². The molecule has 0 radical (unpaired) electrons.